The van der Waals surface area contributed by atoms with Gasteiger partial charge in [0, 0.05) is 24.1 Å². The van der Waals surface area contributed by atoms with E-state index < -0.39 is 34.9 Å². The van der Waals surface area contributed by atoms with Crippen molar-refractivity contribution in [3.63, 3.8) is 0 Å². The molecule has 47 heavy (non-hydrogen) atoms. The molecular weight excluding hydrogens is 643 g/mol. The van der Waals surface area contributed by atoms with Crippen LogP contribution in [-0.4, -0.2) is 49.7 Å². The number of hydrogen-bond donors (Lipinski definition) is 2. The molecule has 0 radical (unpaired) electrons. The van der Waals surface area contributed by atoms with Crippen LogP contribution in [0.25, 0.3) is 0 Å². The Balaban J connectivity index is 0.000000263. The molecule has 0 bridgehead atoms. The number of carbonyl (C=O) groups excluding carboxylic acids is 2. The molecule has 12 heteroatoms. The van der Waals surface area contributed by atoms with Crippen LogP contribution in [0.4, 0.5) is 8.78 Å². The summed E-state index contributed by atoms with van der Waals surface area (Å²) < 4.78 is 25.2. The molecule has 6 rings (SSSR count). The maximum absolute atomic E-state index is 13.0. The fourth-order valence-electron chi connectivity index (χ4n) is 5.20. The number of aliphatic carboxylic acids is 2. The minimum absolute atomic E-state index is 0. The summed E-state index contributed by atoms with van der Waals surface area (Å²) in [6.45, 7) is 0.239. The van der Waals surface area contributed by atoms with Crippen LogP contribution in [0.3, 0.4) is 0 Å². The number of hydrogen-bond acceptors (Lipinski definition) is 5. The number of halogens is 3. The first-order chi connectivity index (χ1) is 21.5. The Kier molecular flexibility index (Phi) is 15.4. The molecule has 0 aromatic heterocycles. The van der Waals surface area contributed by atoms with E-state index in [1.165, 1.54) is 64.6 Å². The van der Waals surface area contributed by atoms with Crippen molar-refractivity contribution in [3.05, 3.63) is 142 Å². The van der Waals surface area contributed by atoms with Crippen LogP contribution >= 0.6 is 11.6 Å². The molecule has 2 atom stereocenters. The van der Waals surface area contributed by atoms with E-state index in [-0.39, 0.29) is 65.3 Å². The van der Waals surface area contributed by atoms with Crippen molar-refractivity contribution in [2.75, 3.05) is 0 Å². The molecule has 240 valence electrons. The van der Waals surface area contributed by atoms with Gasteiger partial charge in [0.1, 0.15) is 17.7 Å². The van der Waals surface area contributed by atoms with Gasteiger partial charge in [-0.1, -0.05) is 48.5 Å². The van der Waals surface area contributed by atoms with Crippen LogP contribution in [0.5, 0.6) is 0 Å². The van der Waals surface area contributed by atoms with Gasteiger partial charge in [-0.25, -0.2) is 13.6 Å². The van der Waals surface area contributed by atoms with E-state index in [2.05, 4.69) is 6.07 Å². The number of nitrogens with zero attached hydrogens (tertiary/aromatic N) is 1. The average Bonchev–Trinajstić information content (AvgIpc) is 3.04. The number of benzene rings is 4. The monoisotopic (exact) mass is 673 g/mol. The summed E-state index contributed by atoms with van der Waals surface area (Å²) in [6, 6.07) is 24.9. The first kappa shape index (κ1) is 39.2. The van der Waals surface area contributed by atoms with Gasteiger partial charge in [-0.15, -0.1) is 0 Å². The van der Waals surface area contributed by atoms with Crippen LogP contribution in [0.15, 0.2) is 97.1 Å². The third-order valence-corrected chi connectivity index (χ3v) is 7.87. The van der Waals surface area contributed by atoms with E-state index in [0.29, 0.717) is 12.0 Å². The molecule has 2 unspecified atom stereocenters. The van der Waals surface area contributed by atoms with Gasteiger partial charge >= 0.3 is 41.5 Å². The van der Waals surface area contributed by atoms with Crippen LogP contribution in [0, 0.1) is 17.6 Å². The zero-order chi connectivity index (χ0) is 32.5. The van der Waals surface area contributed by atoms with Gasteiger partial charge in [0.15, 0.2) is 0 Å². The van der Waals surface area contributed by atoms with E-state index in [1.807, 2.05) is 42.5 Å². The van der Waals surface area contributed by atoms with E-state index in [1.54, 1.807) is 0 Å². The quantitative estimate of drug-likeness (QED) is 0.250. The molecule has 1 aliphatic heterocycles. The van der Waals surface area contributed by atoms with Gasteiger partial charge in [0.25, 0.3) is 11.1 Å². The summed E-state index contributed by atoms with van der Waals surface area (Å²) in [5.41, 5.74) is 5.00. The number of aryl methyl sites for hydroxylation is 1. The summed E-state index contributed by atoms with van der Waals surface area (Å²) >= 11 is 5.09. The normalized spacial score (nSPS) is 15.7. The maximum Gasteiger partial charge on any atom is 1.00 e. The smallest absolute Gasteiger partial charge is 0.870 e. The molecule has 0 saturated heterocycles. The third-order valence-electron chi connectivity index (χ3n) is 7.65. The first-order valence-electron chi connectivity index (χ1n) is 14.1. The van der Waals surface area contributed by atoms with Gasteiger partial charge in [-0.3, -0.25) is 14.4 Å². The van der Waals surface area contributed by atoms with Crippen molar-refractivity contribution in [2.45, 2.75) is 38.3 Å². The molecule has 0 fully saturated rings. The molecule has 2 aliphatic rings. The second-order valence-electron chi connectivity index (χ2n) is 10.6. The summed E-state index contributed by atoms with van der Waals surface area (Å²) in [5, 5.41) is 17.7. The predicted molar refractivity (Wildman–Crippen MR) is 166 cm³/mol. The number of amides is 1. The number of carboxylic acid groups (broad SMARTS) is 2. The second kappa shape index (κ2) is 18.4. The fourth-order valence-corrected chi connectivity index (χ4v) is 5.33. The Bertz CT molecular complexity index is 1690. The minimum atomic E-state index is -1.04. The Morgan fingerprint density at radius 2 is 1.13 bits per heavy atom. The molecule has 0 spiro atoms. The van der Waals surface area contributed by atoms with E-state index in [9.17, 15) is 33.1 Å². The van der Waals surface area contributed by atoms with Crippen LogP contribution in [0.1, 0.15) is 49.4 Å². The Morgan fingerprint density at radius 3 is 1.62 bits per heavy atom. The predicted octanol–water partition coefficient (Wildman–Crippen LogP) is 3.39. The van der Waals surface area contributed by atoms with Crippen molar-refractivity contribution >= 4 is 34.7 Å². The molecule has 4 aromatic rings. The Morgan fingerprint density at radius 1 is 0.660 bits per heavy atom. The summed E-state index contributed by atoms with van der Waals surface area (Å²) in [7, 11) is 0. The average molecular weight is 674 g/mol. The van der Waals surface area contributed by atoms with Gasteiger partial charge < -0.3 is 20.6 Å². The number of fused-ring (bicyclic) bond motifs is 2. The maximum atomic E-state index is 13.0. The zero-order valence-corrected chi connectivity index (χ0v) is 28.2. The zero-order valence-electron chi connectivity index (χ0n) is 25.5. The molecular formula is C35H31ClF2NNaO7. The molecule has 1 heterocycles. The van der Waals surface area contributed by atoms with E-state index >= 15 is 0 Å². The second-order valence-corrected chi connectivity index (χ2v) is 10.9. The molecule has 1 aliphatic carbocycles. The largest absolute Gasteiger partial charge is 1.00 e. The van der Waals surface area contributed by atoms with Crippen molar-refractivity contribution in [3.8, 4) is 0 Å². The van der Waals surface area contributed by atoms with E-state index in [0.717, 1.165) is 24.0 Å². The van der Waals surface area contributed by atoms with Crippen molar-refractivity contribution in [2.24, 2.45) is 5.92 Å². The Labute approximate surface area is 297 Å². The van der Waals surface area contributed by atoms with Gasteiger partial charge in [0.05, 0.1) is 5.92 Å². The van der Waals surface area contributed by atoms with Crippen molar-refractivity contribution < 1.29 is 73.2 Å². The van der Waals surface area contributed by atoms with Crippen LogP contribution in [-0.2, 0) is 35.4 Å². The molecule has 1 amide bonds. The van der Waals surface area contributed by atoms with Gasteiger partial charge in [-0.05, 0) is 102 Å². The van der Waals surface area contributed by atoms with Crippen LogP contribution < -0.4 is 29.6 Å². The Hall–Kier alpha value is -3.93. The number of carbonyl (C=O) groups is 4. The van der Waals surface area contributed by atoms with Crippen molar-refractivity contribution in [1.82, 2.24) is 4.90 Å². The molecule has 3 N–H and O–H groups in total. The van der Waals surface area contributed by atoms with E-state index in [4.69, 9.17) is 16.7 Å². The van der Waals surface area contributed by atoms with Gasteiger partial charge in [-0.2, -0.15) is 0 Å². The summed E-state index contributed by atoms with van der Waals surface area (Å²) in [6.07, 6.45) is 2.67. The number of carboxylic acids is 2. The van der Waals surface area contributed by atoms with Gasteiger partial charge in [0.2, 0.25) is 0 Å². The fraction of sp³-hybridized carbons (Fsp3) is 0.200. The summed E-state index contributed by atoms with van der Waals surface area (Å²) in [5.74, 6) is -3.08. The molecule has 0 saturated carbocycles. The van der Waals surface area contributed by atoms with Crippen LogP contribution in [0.2, 0.25) is 0 Å². The number of rotatable bonds is 4. The van der Waals surface area contributed by atoms with Crippen molar-refractivity contribution in [1.29, 1.82) is 0 Å². The SMILES string of the molecule is O=C(Cl)c1ccc(F)cc1.O=C(O)C1CCc2ccccc2C1.O=C(O)C1Cc2ccccc2CN1C(=O)c1ccc(F)cc1.[Na+].[OH-]. The third kappa shape index (κ3) is 10.8. The first-order valence-corrected chi connectivity index (χ1v) is 14.5. The molecule has 4 aromatic carbocycles. The topological polar surface area (TPSA) is 142 Å². The standard InChI is InChI=1S/C17H14FNO3.C11H12O2.C7H4ClFO.Na.H2O/c18-14-7-5-11(6-8-14)16(20)19-10-13-4-2-1-3-12(13)9-15(19)17(21)22;12-11(13)10-6-5-8-3-1-2-4-9(8)7-10;8-7(10)5-1-3-6(9)4-2-5;;/h1-8,15H,9-10H2,(H,21,22);1-4,10H,5-7H2,(H,12,13);1-4H;;1H2/q;;;+1;/p-1. The minimum Gasteiger partial charge on any atom is -0.870 e. The summed E-state index contributed by atoms with van der Waals surface area (Å²) in [4.78, 5) is 46.6. The molecule has 8 nitrogen and oxygen atoms in total.